The van der Waals surface area contributed by atoms with Crippen LogP contribution in [0.5, 0.6) is 0 Å². The summed E-state index contributed by atoms with van der Waals surface area (Å²) in [5.74, 6) is 1.22. The topological polar surface area (TPSA) is 54.7 Å². The van der Waals surface area contributed by atoms with E-state index in [2.05, 4.69) is 17.1 Å². The third-order valence-electron chi connectivity index (χ3n) is 4.36. The molecule has 1 saturated heterocycles. The number of benzene rings is 1. The number of nitrogens with one attached hydrogen (secondary N) is 1. The first-order chi connectivity index (χ1) is 12.3. The Balaban J connectivity index is 1.72. The summed E-state index contributed by atoms with van der Waals surface area (Å²) in [5, 5.41) is 3.42. The fourth-order valence-corrected chi connectivity index (χ4v) is 2.91. The van der Waals surface area contributed by atoms with Gasteiger partial charge in [-0.1, -0.05) is 19.8 Å². The van der Waals surface area contributed by atoms with Crippen LogP contribution < -0.4 is 15.6 Å². The summed E-state index contributed by atoms with van der Waals surface area (Å²) in [6, 6.07) is 11.1. The van der Waals surface area contributed by atoms with Crippen LogP contribution in [0.3, 0.4) is 0 Å². The summed E-state index contributed by atoms with van der Waals surface area (Å²) >= 11 is 0. The molecule has 1 aromatic carbocycles. The fourth-order valence-electron chi connectivity index (χ4n) is 2.91. The highest BCUT2D eigenvalue weighted by molar-refractivity contribution is 5.62. The number of ether oxygens (including phenoxy) is 1. The Morgan fingerprint density at radius 2 is 1.84 bits per heavy atom. The average molecular weight is 342 g/mol. The third kappa shape index (κ3) is 4.86. The molecular formula is C20H26N2O3. The van der Waals surface area contributed by atoms with Gasteiger partial charge in [-0.25, -0.2) is 0 Å². The lowest BCUT2D eigenvalue weighted by molar-refractivity contribution is 0.120. The summed E-state index contributed by atoms with van der Waals surface area (Å²) < 4.78 is 11.3. The number of morpholine rings is 1. The second-order valence-corrected chi connectivity index (χ2v) is 6.31. The van der Waals surface area contributed by atoms with Crippen molar-refractivity contribution in [1.29, 1.82) is 0 Å². The van der Waals surface area contributed by atoms with Gasteiger partial charge in [0.05, 0.1) is 13.2 Å². The zero-order chi connectivity index (χ0) is 17.5. The largest absolute Gasteiger partial charge is 0.440 e. The SMILES string of the molecule is CCCCCNc1ccc(-c2cc(=O)cc(N3CCOCC3)o2)cc1. The van der Waals surface area contributed by atoms with Gasteiger partial charge in [-0.05, 0) is 30.7 Å². The highest BCUT2D eigenvalue weighted by atomic mass is 16.5. The highest BCUT2D eigenvalue weighted by Crippen LogP contribution is 2.25. The van der Waals surface area contributed by atoms with Gasteiger partial charge in [0.25, 0.3) is 0 Å². The Kier molecular flexibility index (Phi) is 6.12. The van der Waals surface area contributed by atoms with Gasteiger partial charge in [0.2, 0.25) is 0 Å². The number of hydrogen-bond acceptors (Lipinski definition) is 5. The Labute approximate surface area is 148 Å². The number of anilines is 2. The molecule has 5 nitrogen and oxygen atoms in total. The van der Waals surface area contributed by atoms with E-state index in [0.717, 1.165) is 30.9 Å². The van der Waals surface area contributed by atoms with Gasteiger partial charge in [0, 0.05) is 43.0 Å². The second kappa shape index (κ2) is 8.72. The van der Waals surface area contributed by atoms with Gasteiger partial charge in [-0.15, -0.1) is 0 Å². The Morgan fingerprint density at radius 3 is 2.56 bits per heavy atom. The van der Waals surface area contributed by atoms with E-state index in [-0.39, 0.29) is 5.43 Å². The van der Waals surface area contributed by atoms with Gasteiger partial charge in [0.15, 0.2) is 11.3 Å². The molecule has 134 valence electrons. The van der Waals surface area contributed by atoms with Gasteiger partial charge < -0.3 is 19.4 Å². The number of nitrogens with zero attached hydrogens (tertiary/aromatic N) is 1. The molecule has 2 aromatic rings. The second-order valence-electron chi connectivity index (χ2n) is 6.31. The molecule has 0 amide bonds. The average Bonchev–Trinajstić information content (AvgIpc) is 2.66. The van der Waals surface area contributed by atoms with E-state index >= 15 is 0 Å². The van der Waals surface area contributed by atoms with E-state index in [1.165, 1.54) is 19.3 Å². The normalized spacial score (nSPS) is 14.5. The molecule has 0 unspecified atom stereocenters. The summed E-state index contributed by atoms with van der Waals surface area (Å²) in [7, 11) is 0. The molecule has 2 heterocycles. The lowest BCUT2D eigenvalue weighted by Crippen LogP contribution is -2.36. The molecule has 0 aliphatic carbocycles. The van der Waals surface area contributed by atoms with Gasteiger partial charge in [-0.3, -0.25) is 4.79 Å². The van der Waals surface area contributed by atoms with E-state index in [4.69, 9.17) is 9.15 Å². The molecule has 0 saturated carbocycles. The molecular weight excluding hydrogens is 316 g/mol. The Morgan fingerprint density at radius 1 is 1.08 bits per heavy atom. The lowest BCUT2D eigenvalue weighted by Gasteiger charge is -2.27. The monoisotopic (exact) mass is 342 g/mol. The number of rotatable bonds is 7. The van der Waals surface area contributed by atoms with E-state index in [1.807, 2.05) is 24.3 Å². The molecule has 0 spiro atoms. The zero-order valence-electron chi connectivity index (χ0n) is 14.8. The summed E-state index contributed by atoms with van der Waals surface area (Å²) in [5.41, 5.74) is 1.96. The van der Waals surface area contributed by atoms with Crippen LogP contribution in [0.25, 0.3) is 11.3 Å². The van der Waals surface area contributed by atoms with E-state index in [0.29, 0.717) is 24.9 Å². The highest BCUT2D eigenvalue weighted by Gasteiger charge is 2.15. The lowest BCUT2D eigenvalue weighted by atomic mass is 10.1. The first-order valence-electron chi connectivity index (χ1n) is 9.08. The predicted octanol–water partition coefficient (Wildman–Crippen LogP) is 3.75. The van der Waals surface area contributed by atoms with Crippen molar-refractivity contribution in [3.63, 3.8) is 0 Å². The molecule has 1 aliphatic heterocycles. The van der Waals surface area contributed by atoms with E-state index in [9.17, 15) is 4.79 Å². The van der Waals surface area contributed by atoms with Crippen LogP contribution in [0, 0.1) is 0 Å². The smallest absolute Gasteiger partial charge is 0.200 e. The molecule has 0 bridgehead atoms. The molecule has 1 aromatic heterocycles. The van der Waals surface area contributed by atoms with E-state index < -0.39 is 0 Å². The summed E-state index contributed by atoms with van der Waals surface area (Å²) in [4.78, 5) is 14.1. The molecule has 0 atom stereocenters. The molecule has 25 heavy (non-hydrogen) atoms. The van der Waals surface area contributed by atoms with Crippen molar-refractivity contribution in [3.05, 3.63) is 46.6 Å². The van der Waals surface area contributed by atoms with Crippen molar-refractivity contribution in [1.82, 2.24) is 0 Å². The van der Waals surface area contributed by atoms with Gasteiger partial charge >= 0.3 is 0 Å². The zero-order valence-corrected chi connectivity index (χ0v) is 14.8. The minimum atomic E-state index is -0.0375. The van der Waals surface area contributed by atoms with Crippen LogP contribution in [-0.4, -0.2) is 32.8 Å². The number of hydrogen-bond donors (Lipinski definition) is 1. The number of unbranched alkanes of at least 4 members (excludes halogenated alkanes) is 2. The Bertz CT molecular complexity index is 718. The van der Waals surface area contributed by atoms with Crippen LogP contribution in [-0.2, 0) is 4.74 Å². The first kappa shape index (κ1) is 17.5. The van der Waals surface area contributed by atoms with Crippen molar-refractivity contribution < 1.29 is 9.15 Å². The maximum atomic E-state index is 12.1. The summed E-state index contributed by atoms with van der Waals surface area (Å²) in [6.45, 7) is 5.99. The van der Waals surface area contributed by atoms with Gasteiger partial charge in [-0.2, -0.15) is 0 Å². The van der Waals surface area contributed by atoms with Crippen LogP contribution >= 0.6 is 0 Å². The van der Waals surface area contributed by atoms with Crippen molar-refractivity contribution in [2.75, 3.05) is 43.1 Å². The minimum Gasteiger partial charge on any atom is -0.440 e. The van der Waals surface area contributed by atoms with Crippen LogP contribution in [0.15, 0.2) is 45.6 Å². The standard InChI is InChI=1S/C20H26N2O3/c1-2-3-4-9-21-17-7-5-16(6-8-17)19-14-18(23)15-20(25-19)22-10-12-24-13-11-22/h5-8,14-15,21H,2-4,9-13H2,1H3. The van der Waals surface area contributed by atoms with Crippen LogP contribution in [0.1, 0.15) is 26.2 Å². The van der Waals surface area contributed by atoms with Crippen molar-refractivity contribution >= 4 is 11.6 Å². The quantitative estimate of drug-likeness (QED) is 0.777. The predicted molar refractivity (Wildman–Crippen MR) is 101 cm³/mol. The van der Waals surface area contributed by atoms with Crippen molar-refractivity contribution in [3.8, 4) is 11.3 Å². The Hall–Kier alpha value is -2.27. The fraction of sp³-hybridized carbons (Fsp3) is 0.450. The maximum Gasteiger partial charge on any atom is 0.200 e. The molecule has 1 aliphatic rings. The van der Waals surface area contributed by atoms with Crippen molar-refractivity contribution in [2.24, 2.45) is 0 Å². The first-order valence-corrected chi connectivity index (χ1v) is 9.08. The maximum absolute atomic E-state index is 12.1. The molecule has 5 heteroatoms. The third-order valence-corrected chi connectivity index (χ3v) is 4.36. The van der Waals surface area contributed by atoms with Gasteiger partial charge in [0.1, 0.15) is 5.76 Å². The molecule has 0 radical (unpaired) electrons. The molecule has 1 fully saturated rings. The van der Waals surface area contributed by atoms with Crippen molar-refractivity contribution in [2.45, 2.75) is 26.2 Å². The minimum absolute atomic E-state index is 0.0375. The summed E-state index contributed by atoms with van der Waals surface area (Å²) in [6.07, 6.45) is 3.64. The molecule has 3 rings (SSSR count). The van der Waals surface area contributed by atoms with E-state index in [1.54, 1.807) is 12.1 Å². The molecule has 1 N–H and O–H groups in total. The van der Waals surface area contributed by atoms with Crippen LogP contribution in [0.2, 0.25) is 0 Å². The van der Waals surface area contributed by atoms with Crippen LogP contribution in [0.4, 0.5) is 11.6 Å².